The molecule has 16 heavy (non-hydrogen) atoms. The number of likely N-dealkylation sites (N-methyl/N-ethyl adjacent to an activating group) is 1. The second-order valence-electron chi connectivity index (χ2n) is 3.46. The van der Waals surface area contributed by atoms with Crippen molar-refractivity contribution in [1.82, 2.24) is 5.32 Å². The molecule has 1 aliphatic heterocycles. The van der Waals surface area contributed by atoms with Crippen LogP contribution in [0, 0.1) is 10.1 Å². The lowest BCUT2D eigenvalue weighted by molar-refractivity contribution is -0.385. The van der Waals surface area contributed by atoms with Crippen molar-refractivity contribution in [3.63, 3.8) is 0 Å². The molecule has 0 saturated heterocycles. The van der Waals surface area contributed by atoms with Gasteiger partial charge in [0.15, 0.2) is 5.75 Å². The maximum Gasteiger partial charge on any atom is 0.315 e. The number of fused-ring (bicyclic) bond motifs is 1. The lowest BCUT2D eigenvalue weighted by atomic mass is 10.1. The Kier molecular flexibility index (Phi) is 2.91. The zero-order valence-electron chi connectivity index (χ0n) is 8.86. The lowest BCUT2D eigenvalue weighted by Gasteiger charge is -2.03. The highest BCUT2D eigenvalue weighted by Gasteiger charge is 2.26. The zero-order chi connectivity index (χ0) is 11.5. The van der Waals surface area contributed by atoms with Crippen LogP contribution in [0.15, 0.2) is 12.1 Å². The van der Waals surface area contributed by atoms with Gasteiger partial charge in [0.05, 0.1) is 4.92 Å². The first kappa shape index (κ1) is 10.7. The molecule has 0 bridgehead atoms. The van der Waals surface area contributed by atoms with Crippen molar-refractivity contribution in [2.24, 2.45) is 0 Å². The van der Waals surface area contributed by atoms with Gasteiger partial charge in [-0.25, -0.2) is 0 Å². The Labute approximate surface area is 92.3 Å². The fraction of sp³-hybridized carbons (Fsp3) is 0.400. The molecular formula is C10H12N2O4. The van der Waals surface area contributed by atoms with Gasteiger partial charge in [-0.3, -0.25) is 10.1 Å². The third-order valence-corrected chi connectivity index (χ3v) is 2.37. The summed E-state index contributed by atoms with van der Waals surface area (Å²) in [5.41, 5.74) is 0.839. The van der Waals surface area contributed by atoms with Gasteiger partial charge in [0.2, 0.25) is 12.5 Å². The molecule has 0 saturated carbocycles. The molecule has 0 aliphatic carbocycles. The van der Waals surface area contributed by atoms with E-state index in [9.17, 15) is 10.1 Å². The summed E-state index contributed by atoms with van der Waals surface area (Å²) in [6.45, 7) is 0.808. The van der Waals surface area contributed by atoms with Gasteiger partial charge in [0.1, 0.15) is 0 Å². The number of nitro groups is 1. The normalized spacial score (nSPS) is 12.8. The van der Waals surface area contributed by atoms with Crippen molar-refractivity contribution in [2.45, 2.75) is 6.42 Å². The number of nitro benzene ring substituents is 1. The smallest absolute Gasteiger partial charge is 0.315 e. The predicted molar refractivity (Wildman–Crippen MR) is 56.9 cm³/mol. The highest BCUT2D eigenvalue weighted by Crippen LogP contribution is 2.41. The molecule has 6 nitrogen and oxygen atoms in total. The number of nitrogens with zero attached hydrogens (tertiary/aromatic N) is 1. The molecule has 0 aromatic heterocycles. The molecule has 0 amide bonds. The zero-order valence-corrected chi connectivity index (χ0v) is 8.86. The first-order valence-corrected chi connectivity index (χ1v) is 4.94. The largest absolute Gasteiger partial charge is 0.453 e. The Morgan fingerprint density at radius 3 is 3.00 bits per heavy atom. The topological polar surface area (TPSA) is 73.6 Å². The second kappa shape index (κ2) is 4.36. The summed E-state index contributed by atoms with van der Waals surface area (Å²) in [5.74, 6) is 0.693. The SMILES string of the molecule is CNCCc1cc2c(c([N+](=O)[O-])c1)OCO2. The third kappa shape index (κ3) is 1.92. The van der Waals surface area contributed by atoms with E-state index in [0.717, 1.165) is 12.1 Å². The number of ether oxygens (including phenoxy) is 2. The van der Waals surface area contributed by atoms with E-state index < -0.39 is 4.92 Å². The summed E-state index contributed by atoms with van der Waals surface area (Å²) < 4.78 is 10.2. The summed E-state index contributed by atoms with van der Waals surface area (Å²) in [6.07, 6.45) is 0.716. The van der Waals surface area contributed by atoms with E-state index in [1.165, 1.54) is 6.07 Å². The molecule has 0 radical (unpaired) electrons. The van der Waals surface area contributed by atoms with E-state index in [4.69, 9.17) is 9.47 Å². The van der Waals surface area contributed by atoms with Crippen LogP contribution in [-0.4, -0.2) is 25.3 Å². The van der Waals surface area contributed by atoms with Crippen LogP contribution in [0.1, 0.15) is 5.56 Å². The molecule has 86 valence electrons. The molecular weight excluding hydrogens is 212 g/mol. The fourth-order valence-electron chi connectivity index (χ4n) is 1.60. The number of rotatable bonds is 4. The molecule has 2 rings (SSSR count). The van der Waals surface area contributed by atoms with Crippen LogP contribution in [0.2, 0.25) is 0 Å². The molecule has 1 aromatic carbocycles. The van der Waals surface area contributed by atoms with E-state index in [1.54, 1.807) is 6.07 Å². The van der Waals surface area contributed by atoms with Crippen molar-refractivity contribution in [3.05, 3.63) is 27.8 Å². The maximum absolute atomic E-state index is 10.8. The van der Waals surface area contributed by atoms with Gasteiger partial charge in [-0.2, -0.15) is 0 Å². The summed E-state index contributed by atoms with van der Waals surface area (Å²) >= 11 is 0. The van der Waals surface area contributed by atoms with E-state index in [2.05, 4.69) is 5.32 Å². The van der Waals surface area contributed by atoms with Gasteiger partial charge in [-0.05, 0) is 31.6 Å². The summed E-state index contributed by atoms with van der Waals surface area (Å²) in [7, 11) is 1.83. The van der Waals surface area contributed by atoms with E-state index in [0.29, 0.717) is 12.2 Å². The molecule has 0 fully saturated rings. The van der Waals surface area contributed by atoms with E-state index in [-0.39, 0.29) is 18.2 Å². The monoisotopic (exact) mass is 224 g/mol. The van der Waals surface area contributed by atoms with Gasteiger partial charge < -0.3 is 14.8 Å². The number of hydrogen-bond donors (Lipinski definition) is 1. The van der Waals surface area contributed by atoms with Crippen molar-refractivity contribution >= 4 is 5.69 Å². The lowest BCUT2D eigenvalue weighted by Crippen LogP contribution is -2.10. The quantitative estimate of drug-likeness (QED) is 0.612. The van der Waals surface area contributed by atoms with Crippen molar-refractivity contribution < 1.29 is 14.4 Å². The molecule has 0 atom stereocenters. The standard InChI is InChI=1S/C10H12N2O4/c1-11-3-2-7-4-8(12(13)14)10-9(5-7)15-6-16-10/h4-5,11H,2-3,6H2,1H3. The second-order valence-corrected chi connectivity index (χ2v) is 3.46. The Morgan fingerprint density at radius 1 is 1.50 bits per heavy atom. The minimum absolute atomic E-state index is 0.0268. The Balaban J connectivity index is 2.36. The van der Waals surface area contributed by atoms with Gasteiger partial charge >= 0.3 is 5.69 Å². The van der Waals surface area contributed by atoms with Gasteiger partial charge in [0, 0.05) is 6.07 Å². The van der Waals surface area contributed by atoms with Crippen LogP contribution in [0.25, 0.3) is 0 Å². The van der Waals surface area contributed by atoms with E-state index in [1.807, 2.05) is 7.05 Å². The van der Waals surface area contributed by atoms with Gasteiger partial charge in [-0.15, -0.1) is 0 Å². The van der Waals surface area contributed by atoms with Gasteiger partial charge in [-0.1, -0.05) is 0 Å². The van der Waals surface area contributed by atoms with Crippen LogP contribution in [0.5, 0.6) is 11.5 Å². The fourth-order valence-corrected chi connectivity index (χ4v) is 1.60. The molecule has 1 aromatic rings. The molecule has 1 N–H and O–H groups in total. The molecule has 1 heterocycles. The number of benzene rings is 1. The van der Waals surface area contributed by atoms with Crippen LogP contribution in [0.4, 0.5) is 5.69 Å². The Hall–Kier alpha value is -1.82. The van der Waals surface area contributed by atoms with Crippen LogP contribution < -0.4 is 14.8 Å². The number of hydrogen-bond acceptors (Lipinski definition) is 5. The average Bonchev–Trinajstić information content (AvgIpc) is 2.72. The molecule has 6 heteroatoms. The minimum Gasteiger partial charge on any atom is -0.453 e. The summed E-state index contributed by atoms with van der Waals surface area (Å²) in [6, 6.07) is 3.32. The van der Waals surface area contributed by atoms with Crippen LogP contribution >= 0.6 is 0 Å². The van der Waals surface area contributed by atoms with Crippen molar-refractivity contribution in [3.8, 4) is 11.5 Å². The van der Waals surface area contributed by atoms with Crippen LogP contribution in [0.3, 0.4) is 0 Å². The average molecular weight is 224 g/mol. The number of nitrogens with one attached hydrogen (secondary N) is 1. The summed E-state index contributed by atoms with van der Waals surface area (Å²) in [5, 5.41) is 13.8. The highest BCUT2D eigenvalue weighted by molar-refractivity contribution is 5.59. The molecule has 0 unspecified atom stereocenters. The Morgan fingerprint density at radius 2 is 2.31 bits per heavy atom. The van der Waals surface area contributed by atoms with E-state index >= 15 is 0 Å². The predicted octanol–water partition coefficient (Wildman–Crippen LogP) is 1.09. The first-order valence-electron chi connectivity index (χ1n) is 4.94. The van der Waals surface area contributed by atoms with Crippen LogP contribution in [-0.2, 0) is 6.42 Å². The van der Waals surface area contributed by atoms with Crippen molar-refractivity contribution in [1.29, 1.82) is 0 Å². The minimum atomic E-state index is -0.448. The third-order valence-electron chi connectivity index (χ3n) is 2.37. The Bertz CT molecular complexity index is 420. The van der Waals surface area contributed by atoms with Gasteiger partial charge in [0.25, 0.3) is 0 Å². The summed E-state index contributed by atoms with van der Waals surface area (Å²) in [4.78, 5) is 10.4. The maximum atomic E-state index is 10.8. The van der Waals surface area contributed by atoms with Crippen molar-refractivity contribution in [2.75, 3.05) is 20.4 Å². The molecule has 1 aliphatic rings. The molecule has 0 spiro atoms. The highest BCUT2D eigenvalue weighted by atomic mass is 16.7. The first-order chi connectivity index (χ1) is 7.72.